The predicted octanol–water partition coefficient (Wildman–Crippen LogP) is 2.12. The molecule has 9 heteroatoms. The zero-order valence-corrected chi connectivity index (χ0v) is 18.3. The average molecular weight is 429 g/mol. The molecule has 0 bridgehead atoms. The quantitative estimate of drug-likeness (QED) is 0.622. The lowest BCUT2D eigenvalue weighted by Gasteiger charge is -2.16. The first-order valence-electron chi connectivity index (χ1n) is 9.22. The molecule has 0 radical (unpaired) electrons. The van der Waals surface area contributed by atoms with Crippen molar-refractivity contribution >= 4 is 32.7 Å². The molecule has 0 fully saturated rings. The molecule has 0 unspecified atom stereocenters. The van der Waals surface area contributed by atoms with Gasteiger partial charge in [-0.2, -0.15) is 0 Å². The van der Waals surface area contributed by atoms with E-state index in [2.05, 4.69) is 10.9 Å². The third kappa shape index (κ3) is 3.81. The van der Waals surface area contributed by atoms with Crippen LogP contribution >= 0.6 is 0 Å². The van der Waals surface area contributed by atoms with Crippen LogP contribution in [0, 0.1) is 13.8 Å². The van der Waals surface area contributed by atoms with Gasteiger partial charge in [-0.25, -0.2) is 12.7 Å². The minimum Gasteiger partial charge on any atom is -0.350 e. The lowest BCUT2D eigenvalue weighted by Crippen LogP contribution is -2.41. The number of fused-ring (bicyclic) bond motifs is 1. The standard InChI is InChI=1S/C21H24N4O4S/c1-13-10-15(11-19(14(13)2)30(28,29)24(3)4)20(26)22-23-21(27)17-12-25(5)18-9-7-6-8-16(17)18/h6-12H,1-5H3,(H,22,26)(H,23,27). The van der Waals surface area contributed by atoms with Crippen molar-refractivity contribution in [1.82, 2.24) is 19.7 Å². The summed E-state index contributed by atoms with van der Waals surface area (Å²) in [5, 5.41) is 0.761. The number of aromatic nitrogens is 1. The number of amides is 2. The van der Waals surface area contributed by atoms with Gasteiger partial charge in [0.15, 0.2) is 0 Å². The highest BCUT2D eigenvalue weighted by Crippen LogP contribution is 2.23. The Morgan fingerprint density at radius 3 is 2.30 bits per heavy atom. The van der Waals surface area contributed by atoms with Crippen molar-refractivity contribution in [2.45, 2.75) is 18.7 Å². The Balaban J connectivity index is 1.84. The maximum atomic E-state index is 12.6. The molecule has 2 N–H and O–H groups in total. The van der Waals surface area contributed by atoms with Gasteiger partial charge in [-0.3, -0.25) is 20.4 Å². The van der Waals surface area contributed by atoms with E-state index in [1.165, 1.54) is 20.2 Å². The Morgan fingerprint density at radius 2 is 1.63 bits per heavy atom. The van der Waals surface area contributed by atoms with E-state index in [0.717, 1.165) is 15.2 Å². The topological polar surface area (TPSA) is 101 Å². The molecule has 0 atom stereocenters. The molecular weight excluding hydrogens is 404 g/mol. The van der Waals surface area contributed by atoms with Crippen LogP contribution in [0.25, 0.3) is 10.9 Å². The molecule has 3 aromatic rings. The number of hydrazine groups is 1. The third-order valence-electron chi connectivity index (χ3n) is 5.07. The number of hydrogen-bond donors (Lipinski definition) is 2. The average Bonchev–Trinajstić information content (AvgIpc) is 3.04. The van der Waals surface area contributed by atoms with Crippen molar-refractivity contribution in [2.75, 3.05) is 14.1 Å². The molecule has 30 heavy (non-hydrogen) atoms. The molecule has 3 rings (SSSR count). The predicted molar refractivity (Wildman–Crippen MR) is 115 cm³/mol. The van der Waals surface area contributed by atoms with Crippen molar-refractivity contribution in [1.29, 1.82) is 0 Å². The van der Waals surface area contributed by atoms with Crippen LogP contribution in [0.3, 0.4) is 0 Å². The van der Waals surface area contributed by atoms with Crippen LogP contribution < -0.4 is 10.9 Å². The molecule has 1 heterocycles. The van der Waals surface area contributed by atoms with Gasteiger partial charge in [-0.1, -0.05) is 18.2 Å². The molecule has 0 saturated carbocycles. The number of aryl methyl sites for hydroxylation is 2. The highest BCUT2D eigenvalue weighted by atomic mass is 32.2. The Hall–Kier alpha value is -3.17. The van der Waals surface area contributed by atoms with Gasteiger partial charge in [-0.15, -0.1) is 0 Å². The third-order valence-corrected chi connectivity index (χ3v) is 7.01. The van der Waals surface area contributed by atoms with Crippen LogP contribution in [0.5, 0.6) is 0 Å². The first kappa shape index (κ1) is 21.5. The summed E-state index contributed by atoms with van der Waals surface area (Å²) in [5.41, 5.74) is 7.45. The van der Waals surface area contributed by atoms with E-state index in [0.29, 0.717) is 16.7 Å². The number of carbonyl (C=O) groups is 2. The van der Waals surface area contributed by atoms with Crippen molar-refractivity contribution < 1.29 is 18.0 Å². The van der Waals surface area contributed by atoms with E-state index in [1.807, 2.05) is 35.9 Å². The molecule has 2 aromatic carbocycles. The number of benzene rings is 2. The van der Waals surface area contributed by atoms with Crippen LogP contribution in [0.4, 0.5) is 0 Å². The van der Waals surface area contributed by atoms with Crippen LogP contribution in [0.2, 0.25) is 0 Å². The number of nitrogens with one attached hydrogen (secondary N) is 2. The zero-order valence-electron chi connectivity index (χ0n) is 17.5. The van der Waals surface area contributed by atoms with Crippen LogP contribution in [0.1, 0.15) is 31.8 Å². The summed E-state index contributed by atoms with van der Waals surface area (Å²) in [4.78, 5) is 25.3. The van der Waals surface area contributed by atoms with E-state index in [4.69, 9.17) is 0 Å². The molecule has 0 aliphatic rings. The zero-order chi connectivity index (χ0) is 22.2. The summed E-state index contributed by atoms with van der Waals surface area (Å²) < 4.78 is 28.1. The highest BCUT2D eigenvalue weighted by molar-refractivity contribution is 7.89. The fourth-order valence-corrected chi connectivity index (χ4v) is 4.42. The number of para-hydroxylation sites is 1. The molecule has 0 aliphatic carbocycles. The largest absolute Gasteiger partial charge is 0.350 e. The van der Waals surface area contributed by atoms with E-state index in [9.17, 15) is 18.0 Å². The smallest absolute Gasteiger partial charge is 0.271 e. The molecule has 158 valence electrons. The van der Waals surface area contributed by atoms with Crippen LogP contribution in [-0.2, 0) is 17.1 Å². The summed E-state index contributed by atoms with van der Waals surface area (Å²) in [6, 6.07) is 10.3. The van der Waals surface area contributed by atoms with Crippen molar-refractivity contribution in [3.8, 4) is 0 Å². The number of sulfonamides is 1. The Morgan fingerprint density at radius 1 is 1.00 bits per heavy atom. The Kier molecular flexibility index (Phi) is 5.69. The van der Waals surface area contributed by atoms with Gasteiger partial charge in [0.25, 0.3) is 11.8 Å². The minimum atomic E-state index is -3.72. The molecule has 8 nitrogen and oxygen atoms in total. The summed E-state index contributed by atoms with van der Waals surface area (Å²) in [5.74, 6) is -1.08. The second-order valence-electron chi connectivity index (χ2n) is 7.28. The van der Waals surface area contributed by atoms with E-state index >= 15 is 0 Å². The lowest BCUT2D eigenvalue weighted by molar-refractivity contribution is 0.0847. The fraction of sp³-hybridized carbons (Fsp3) is 0.238. The van der Waals surface area contributed by atoms with Gasteiger partial charge in [0.1, 0.15) is 0 Å². The number of hydrogen-bond acceptors (Lipinski definition) is 4. The summed E-state index contributed by atoms with van der Waals surface area (Å²) in [6.07, 6.45) is 1.68. The van der Waals surface area contributed by atoms with E-state index in [-0.39, 0.29) is 10.5 Å². The van der Waals surface area contributed by atoms with Gasteiger partial charge in [0.05, 0.1) is 10.5 Å². The monoisotopic (exact) mass is 428 g/mol. The number of nitrogens with zero attached hydrogens (tertiary/aromatic N) is 2. The van der Waals surface area contributed by atoms with E-state index < -0.39 is 21.8 Å². The molecule has 0 spiro atoms. The summed E-state index contributed by atoms with van der Waals surface area (Å²) >= 11 is 0. The fourth-order valence-electron chi connectivity index (χ4n) is 3.20. The molecule has 2 amide bonds. The first-order chi connectivity index (χ1) is 14.0. The molecule has 0 aliphatic heterocycles. The second-order valence-corrected chi connectivity index (χ2v) is 9.40. The van der Waals surface area contributed by atoms with Crippen molar-refractivity contribution in [2.24, 2.45) is 7.05 Å². The molecule has 1 aromatic heterocycles. The van der Waals surface area contributed by atoms with Gasteiger partial charge in [-0.05, 0) is 43.2 Å². The van der Waals surface area contributed by atoms with E-state index in [1.54, 1.807) is 26.1 Å². The lowest BCUT2D eigenvalue weighted by atomic mass is 10.1. The number of rotatable bonds is 4. The SMILES string of the molecule is Cc1cc(C(=O)NNC(=O)c2cn(C)c3ccccc23)cc(S(=O)(=O)N(C)C)c1C. The van der Waals surface area contributed by atoms with Gasteiger partial charge >= 0.3 is 0 Å². The Labute approximate surface area is 175 Å². The maximum Gasteiger partial charge on any atom is 0.271 e. The second kappa shape index (κ2) is 7.92. The first-order valence-corrected chi connectivity index (χ1v) is 10.7. The van der Waals surface area contributed by atoms with Gasteiger partial charge in [0, 0.05) is 43.8 Å². The minimum absolute atomic E-state index is 0.0537. The normalized spacial score (nSPS) is 11.7. The van der Waals surface area contributed by atoms with Crippen molar-refractivity contribution in [3.05, 3.63) is 64.8 Å². The summed E-state index contributed by atoms with van der Waals surface area (Å²) in [6.45, 7) is 3.42. The van der Waals surface area contributed by atoms with Crippen LogP contribution in [0.15, 0.2) is 47.5 Å². The van der Waals surface area contributed by atoms with Crippen molar-refractivity contribution in [3.63, 3.8) is 0 Å². The summed E-state index contributed by atoms with van der Waals surface area (Å²) in [7, 11) is 0.978. The Bertz CT molecular complexity index is 1260. The molecular formula is C21H24N4O4S. The van der Waals surface area contributed by atoms with Crippen LogP contribution in [-0.4, -0.2) is 43.2 Å². The highest BCUT2D eigenvalue weighted by Gasteiger charge is 2.23. The number of carbonyl (C=O) groups excluding carboxylic acids is 2. The van der Waals surface area contributed by atoms with Gasteiger partial charge in [0.2, 0.25) is 10.0 Å². The van der Waals surface area contributed by atoms with Gasteiger partial charge < -0.3 is 4.57 Å². The molecule has 0 saturated heterocycles. The maximum absolute atomic E-state index is 12.6.